The Labute approximate surface area is 227 Å². The molecule has 1 aromatic carbocycles. The Balaban J connectivity index is 1.65. The highest BCUT2D eigenvalue weighted by Crippen LogP contribution is 2.29. The normalized spacial score (nSPS) is 20.0. The van der Waals surface area contributed by atoms with Crippen LogP contribution in [0.25, 0.3) is 11.3 Å². The van der Waals surface area contributed by atoms with Gasteiger partial charge in [-0.2, -0.15) is 0 Å². The van der Waals surface area contributed by atoms with E-state index in [0.717, 1.165) is 5.56 Å². The second-order valence-corrected chi connectivity index (χ2v) is 9.90. The molecule has 0 radical (unpaired) electrons. The van der Waals surface area contributed by atoms with Gasteiger partial charge in [-0.25, -0.2) is 4.79 Å². The molecular formula is C27H35N7O5. The number of rotatable bonds is 3. The van der Waals surface area contributed by atoms with Gasteiger partial charge >= 0.3 is 6.03 Å². The van der Waals surface area contributed by atoms with E-state index in [1.165, 1.54) is 11.9 Å². The van der Waals surface area contributed by atoms with Crippen LogP contribution < -0.4 is 20.7 Å². The number of aromatic nitrogens is 1. The third-order valence-electron chi connectivity index (χ3n) is 6.72. The Kier molecular flexibility index (Phi) is 8.97. The summed E-state index contributed by atoms with van der Waals surface area (Å²) in [5.74, 6) is -0.225. The van der Waals surface area contributed by atoms with Gasteiger partial charge in [0, 0.05) is 44.0 Å². The molecule has 0 saturated carbocycles. The largest absolute Gasteiger partial charge is 0.489 e. The first-order valence-corrected chi connectivity index (χ1v) is 12.9. The second-order valence-electron chi connectivity index (χ2n) is 9.90. The molecule has 39 heavy (non-hydrogen) atoms. The number of nitrogens with zero attached hydrogens (tertiary/aromatic N) is 4. The predicted molar refractivity (Wildman–Crippen MR) is 144 cm³/mol. The van der Waals surface area contributed by atoms with E-state index in [2.05, 4.69) is 20.9 Å². The quantitative estimate of drug-likeness (QED) is 0.508. The van der Waals surface area contributed by atoms with Gasteiger partial charge in [0.15, 0.2) is 0 Å². The first-order chi connectivity index (χ1) is 18.7. The standard InChI is InChI=1S/C27H35N7O5/c1-28-27(38)31-20-13-21-17-39-22-5-4-10-29-25(22)18-6-8-19(9-7-18)26(37)30-11-12-33(23(35)15-32(2)3)16-24(36)34(21)14-20/h4-10,20-21H,11-17H2,1-3H3,(H,30,37)(H2,28,31,38)/t20-,21-/m0/s1. The Morgan fingerprint density at radius 3 is 2.62 bits per heavy atom. The van der Waals surface area contributed by atoms with Crippen molar-refractivity contribution < 1.29 is 23.9 Å². The highest BCUT2D eigenvalue weighted by atomic mass is 16.5. The monoisotopic (exact) mass is 537 g/mol. The van der Waals surface area contributed by atoms with Crippen LogP contribution in [-0.2, 0) is 9.59 Å². The van der Waals surface area contributed by atoms with E-state index >= 15 is 0 Å². The SMILES string of the molecule is CNC(=O)N[C@H]1C[C@H]2COc3cccnc3-c3ccc(cc3)C(=O)NCCN(C(=O)CN(C)C)CC(=O)N2C1. The molecule has 3 N–H and O–H groups in total. The molecule has 1 aromatic heterocycles. The zero-order chi connectivity index (χ0) is 27.9. The second kappa shape index (κ2) is 12.6. The number of nitrogens with one attached hydrogen (secondary N) is 3. The molecule has 5 amide bonds. The first kappa shape index (κ1) is 27.8. The number of benzene rings is 1. The number of ether oxygens (including phenoxy) is 1. The van der Waals surface area contributed by atoms with Gasteiger partial charge in [-0.1, -0.05) is 12.1 Å². The summed E-state index contributed by atoms with van der Waals surface area (Å²) in [6.45, 7) is 0.795. The van der Waals surface area contributed by atoms with Crippen LogP contribution in [0.5, 0.6) is 5.75 Å². The lowest BCUT2D eigenvalue weighted by atomic mass is 10.1. The lowest BCUT2D eigenvalue weighted by Gasteiger charge is -2.29. The fraction of sp³-hybridized carbons (Fsp3) is 0.444. The van der Waals surface area contributed by atoms with Gasteiger partial charge in [-0.05, 0) is 44.8 Å². The van der Waals surface area contributed by atoms with E-state index in [-0.39, 0.29) is 75.2 Å². The van der Waals surface area contributed by atoms with Gasteiger partial charge in [-0.3, -0.25) is 19.4 Å². The smallest absolute Gasteiger partial charge is 0.314 e. The number of carbonyl (C=O) groups is 4. The molecule has 1 fully saturated rings. The van der Waals surface area contributed by atoms with Gasteiger partial charge in [0.05, 0.1) is 25.2 Å². The Morgan fingerprint density at radius 1 is 1.15 bits per heavy atom. The van der Waals surface area contributed by atoms with Crippen molar-refractivity contribution in [3.05, 3.63) is 48.2 Å². The summed E-state index contributed by atoms with van der Waals surface area (Å²) < 4.78 is 6.21. The van der Waals surface area contributed by atoms with Crippen LogP contribution in [0, 0.1) is 0 Å². The minimum Gasteiger partial charge on any atom is -0.489 e. The van der Waals surface area contributed by atoms with E-state index in [1.54, 1.807) is 54.4 Å². The lowest BCUT2D eigenvalue weighted by molar-refractivity contribution is -0.141. The van der Waals surface area contributed by atoms with Crippen molar-refractivity contribution in [3.8, 4) is 17.0 Å². The maximum Gasteiger partial charge on any atom is 0.314 e. The lowest BCUT2D eigenvalue weighted by Crippen LogP contribution is -2.50. The van der Waals surface area contributed by atoms with E-state index < -0.39 is 0 Å². The number of fused-ring (bicyclic) bond motifs is 9. The fourth-order valence-electron chi connectivity index (χ4n) is 4.75. The van der Waals surface area contributed by atoms with Gasteiger partial charge in [-0.15, -0.1) is 0 Å². The Morgan fingerprint density at radius 2 is 1.90 bits per heavy atom. The highest BCUT2D eigenvalue weighted by Gasteiger charge is 2.37. The van der Waals surface area contributed by atoms with Crippen LogP contribution in [0.1, 0.15) is 16.8 Å². The van der Waals surface area contributed by atoms with E-state index in [4.69, 9.17) is 4.74 Å². The van der Waals surface area contributed by atoms with Crippen molar-refractivity contribution in [1.82, 2.24) is 35.6 Å². The molecule has 208 valence electrons. The molecule has 3 aliphatic heterocycles. The van der Waals surface area contributed by atoms with E-state index in [0.29, 0.717) is 23.4 Å². The van der Waals surface area contributed by atoms with Crippen LogP contribution in [0.15, 0.2) is 42.6 Å². The average Bonchev–Trinajstić information content (AvgIpc) is 3.33. The molecule has 12 nitrogen and oxygen atoms in total. The van der Waals surface area contributed by atoms with Gasteiger partial charge in [0.25, 0.3) is 5.91 Å². The molecule has 3 aliphatic rings. The molecule has 2 bridgehead atoms. The van der Waals surface area contributed by atoms with Crippen molar-refractivity contribution in [1.29, 1.82) is 0 Å². The fourth-order valence-corrected chi connectivity index (χ4v) is 4.75. The minimum absolute atomic E-state index is 0.125. The van der Waals surface area contributed by atoms with Crippen molar-refractivity contribution in [2.75, 3.05) is 60.5 Å². The number of hydrogen-bond acceptors (Lipinski definition) is 7. The van der Waals surface area contributed by atoms with Crippen molar-refractivity contribution in [3.63, 3.8) is 0 Å². The summed E-state index contributed by atoms with van der Waals surface area (Å²) in [7, 11) is 5.09. The maximum atomic E-state index is 13.6. The third-order valence-corrected chi connectivity index (χ3v) is 6.72. The predicted octanol–water partition coefficient (Wildman–Crippen LogP) is 0.160. The van der Waals surface area contributed by atoms with Crippen LogP contribution in [0.2, 0.25) is 0 Å². The Bertz CT molecular complexity index is 1200. The zero-order valence-electron chi connectivity index (χ0n) is 22.5. The van der Waals surface area contributed by atoms with Crippen LogP contribution in [0.3, 0.4) is 0 Å². The summed E-state index contributed by atoms with van der Waals surface area (Å²) in [6, 6.07) is 9.68. The number of urea groups is 1. The molecule has 12 heteroatoms. The summed E-state index contributed by atoms with van der Waals surface area (Å²) in [5, 5.41) is 8.27. The molecule has 2 atom stereocenters. The summed E-state index contributed by atoms with van der Waals surface area (Å²) in [5.41, 5.74) is 1.87. The molecule has 0 aliphatic carbocycles. The average molecular weight is 538 g/mol. The Hall–Kier alpha value is -4.19. The zero-order valence-corrected chi connectivity index (χ0v) is 22.5. The van der Waals surface area contributed by atoms with Crippen molar-refractivity contribution in [2.45, 2.75) is 18.5 Å². The van der Waals surface area contributed by atoms with Gasteiger partial charge in [0.1, 0.15) is 18.1 Å². The van der Waals surface area contributed by atoms with Crippen LogP contribution >= 0.6 is 0 Å². The molecule has 1 saturated heterocycles. The topological polar surface area (TPSA) is 136 Å². The molecule has 4 heterocycles. The van der Waals surface area contributed by atoms with Gasteiger partial charge < -0.3 is 35.4 Å². The first-order valence-electron chi connectivity index (χ1n) is 12.9. The molecular weight excluding hydrogens is 502 g/mol. The number of carbonyl (C=O) groups excluding carboxylic acids is 4. The summed E-state index contributed by atoms with van der Waals surface area (Å²) >= 11 is 0. The van der Waals surface area contributed by atoms with E-state index in [9.17, 15) is 19.2 Å². The summed E-state index contributed by atoms with van der Waals surface area (Å²) in [6.07, 6.45) is 2.16. The van der Waals surface area contributed by atoms with Crippen LogP contribution in [0.4, 0.5) is 4.79 Å². The molecule has 2 aromatic rings. The van der Waals surface area contributed by atoms with Crippen molar-refractivity contribution in [2.24, 2.45) is 0 Å². The number of pyridine rings is 1. The van der Waals surface area contributed by atoms with Gasteiger partial charge in [0.2, 0.25) is 11.8 Å². The summed E-state index contributed by atoms with van der Waals surface area (Å²) in [4.78, 5) is 60.7. The van der Waals surface area contributed by atoms with Crippen LogP contribution in [-0.4, -0.2) is 116 Å². The number of hydrogen-bond donors (Lipinski definition) is 3. The maximum absolute atomic E-state index is 13.6. The highest BCUT2D eigenvalue weighted by molar-refractivity contribution is 5.94. The molecule has 0 unspecified atom stereocenters. The number of likely N-dealkylation sites (N-methyl/N-ethyl adjacent to an activating group) is 1. The molecule has 5 rings (SSSR count). The third kappa shape index (κ3) is 7.02. The molecule has 0 spiro atoms. The number of amides is 5. The van der Waals surface area contributed by atoms with Crippen molar-refractivity contribution >= 4 is 23.8 Å². The minimum atomic E-state index is -0.337. The van der Waals surface area contributed by atoms with E-state index in [1.807, 2.05) is 12.1 Å².